The van der Waals surface area contributed by atoms with Crippen LogP contribution < -0.4 is 5.73 Å². The first-order chi connectivity index (χ1) is 8.59. The van der Waals surface area contributed by atoms with E-state index < -0.39 is 37.6 Å². The van der Waals surface area contributed by atoms with Crippen molar-refractivity contribution < 1.29 is 31.1 Å². The van der Waals surface area contributed by atoms with Gasteiger partial charge >= 0.3 is 12.4 Å². The topological polar surface area (TPSA) is 35.2 Å². The van der Waals surface area contributed by atoms with Gasteiger partial charge in [0.05, 0.1) is 25.2 Å². The maximum Gasteiger partial charge on any atom is 0.416 e. The minimum absolute atomic E-state index is 0.0774. The molecule has 108 valence electrons. The average Bonchev–Trinajstić information content (AvgIpc) is 2.23. The van der Waals surface area contributed by atoms with Crippen LogP contribution >= 0.6 is 0 Å². The van der Waals surface area contributed by atoms with Gasteiger partial charge in [-0.2, -0.15) is 26.3 Å². The van der Waals surface area contributed by atoms with Crippen LogP contribution in [0.1, 0.15) is 17.5 Å². The van der Waals surface area contributed by atoms with Crippen molar-refractivity contribution >= 4 is 5.69 Å². The van der Waals surface area contributed by atoms with Crippen LogP contribution in [0, 0.1) is 0 Å². The number of benzene rings is 1. The van der Waals surface area contributed by atoms with Crippen molar-refractivity contribution in [3.63, 3.8) is 0 Å². The molecule has 0 aromatic heterocycles. The molecule has 0 radical (unpaired) electrons. The summed E-state index contributed by atoms with van der Waals surface area (Å²) in [5, 5.41) is 0. The molecule has 0 atom stereocenters. The molecule has 1 aromatic carbocycles. The molecule has 2 N–H and O–H groups in total. The zero-order valence-corrected chi connectivity index (χ0v) is 9.61. The van der Waals surface area contributed by atoms with Crippen molar-refractivity contribution in [2.24, 2.45) is 0 Å². The van der Waals surface area contributed by atoms with Crippen molar-refractivity contribution in [3.05, 3.63) is 29.3 Å². The summed E-state index contributed by atoms with van der Waals surface area (Å²) in [6, 6.07) is 3.05. The second kappa shape index (κ2) is 5.68. The molecule has 0 aliphatic heterocycles. The molecular formula is C11H11F6NO. The van der Waals surface area contributed by atoms with Gasteiger partial charge in [0.1, 0.15) is 0 Å². The summed E-state index contributed by atoms with van der Waals surface area (Å²) in [6.45, 7) is -1.24. The SMILES string of the molecule is Nc1ccc(COCCC(F)(F)F)c(C(F)(F)F)c1. The summed E-state index contributed by atoms with van der Waals surface area (Å²) in [4.78, 5) is 0. The predicted octanol–water partition coefficient (Wildman–Crippen LogP) is 3.76. The molecule has 0 saturated heterocycles. The predicted molar refractivity (Wildman–Crippen MR) is 56.2 cm³/mol. The van der Waals surface area contributed by atoms with Crippen LogP contribution in [-0.4, -0.2) is 12.8 Å². The molecule has 0 fully saturated rings. The first-order valence-electron chi connectivity index (χ1n) is 5.20. The Labute approximate surface area is 105 Å². The van der Waals surface area contributed by atoms with Crippen molar-refractivity contribution in [1.82, 2.24) is 0 Å². The Balaban J connectivity index is 2.68. The van der Waals surface area contributed by atoms with E-state index in [1.54, 1.807) is 0 Å². The third-order valence-corrected chi connectivity index (χ3v) is 2.23. The van der Waals surface area contributed by atoms with Crippen LogP contribution in [0.3, 0.4) is 0 Å². The molecule has 0 heterocycles. The van der Waals surface area contributed by atoms with E-state index in [0.29, 0.717) is 0 Å². The number of alkyl halides is 6. The fourth-order valence-corrected chi connectivity index (χ4v) is 1.35. The lowest BCUT2D eigenvalue weighted by atomic mass is 10.1. The molecule has 1 aromatic rings. The number of nitrogens with two attached hydrogens (primary N) is 1. The molecule has 8 heteroatoms. The van der Waals surface area contributed by atoms with Gasteiger partial charge in [-0.15, -0.1) is 0 Å². The monoisotopic (exact) mass is 287 g/mol. The summed E-state index contributed by atoms with van der Waals surface area (Å²) in [5.74, 6) is 0. The molecule has 0 amide bonds. The van der Waals surface area contributed by atoms with Crippen molar-refractivity contribution in [2.45, 2.75) is 25.4 Å². The quantitative estimate of drug-likeness (QED) is 0.520. The van der Waals surface area contributed by atoms with Crippen LogP contribution in [0.5, 0.6) is 0 Å². The molecule has 1 rings (SSSR count). The lowest BCUT2D eigenvalue weighted by molar-refractivity contribution is -0.148. The standard InChI is InChI=1S/C11H11F6NO/c12-10(13,14)3-4-19-6-7-1-2-8(18)5-9(7)11(15,16)17/h1-2,5H,3-4,6,18H2. The zero-order valence-electron chi connectivity index (χ0n) is 9.61. The Kier molecular flexibility index (Phi) is 4.67. The lowest BCUT2D eigenvalue weighted by Gasteiger charge is -2.14. The smallest absolute Gasteiger partial charge is 0.399 e. The summed E-state index contributed by atoms with van der Waals surface area (Å²) in [6.07, 6.45) is -10.2. The highest BCUT2D eigenvalue weighted by atomic mass is 19.4. The second-order valence-electron chi connectivity index (χ2n) is 3.83. The Hall–Kier alpha value is -1.44. The molecule has 19 heavy (non-hydrogen) atoms. The van der Waals surface area contributed by atoms with E-state index in [1.807, 2.05) is 0 Å². The first-order valence-corrected chi connectivity index (χ1v) is 5.20. The third-order valence-electron chi connectivity index (χ3n) is 2.23. The lowest BCUT2D eigenvalue weighted by Crippen LogP contribution is -2.14. The Bertz CT molecular complexity index is 426. The van der Waals surface area contributed by atoms with Crippen molar-refractivity contribution in [1.29, 1.82) is 0 Å². The molecule has 0 aliphatic carbocycles. The van der Waals surface area contributed by atoms with Crippen LogP contribution in [0.4, 0.5) is 32.0 Å². The minimum Gasteiger partial charge on any atom is -0.399 e. The van der Waals surface area contributed by atoms with Gasteiger partial charge in [-0.3, -0.25) is 0 Å². The first kappa shape index (κ1) is 15.6. The minimum atomic E-state index is -4.63. The fraction of sp³-hybridized carbons (Fsp3) is 0.455. The van der Waals surface area contributed by atoms with E-state index in [1.165, 1.54) is 6.07 Å². The van der Waals surface area contributed by atoms with E-state index in [4.69, 9.17) is 5.73 Å². The van der Waals surface area contributed by atoms with Gasteiger partial charge in [-0.05, 0) is 17.7 Å². The fourth-order valence-electron chi connectivity index (χ4n) is 1.35. The molecular weight excluding hydrogens is 276 g/mol. The number of ether oxygens (including phenoxy) is 1. The summed E-state index contributed by atoms with van der Waals surface area (Å²) in [5.41, 5.74) is 3.92. The zero-order chi connectivity index (χ0) is 14.7. The van der Waals surface area contributed by atoms with Gasteiger partial charge in [0.25, 0.3) is 0 Å². The molecule has 0 saturated carbocycles. The third kappa shape index (κ3) is 5.37. The maximum atomic E-state index is 12.6. The van der Waals surface area contributed by atoms with Crippen molar-refractivity contribution in [2.75, 3.05) is 12.3 Å². The van der Waals surface area contributed by atoms with Gasteiger partial charge in [0, 0.05) is 5.69 Å². The number of halogens is 6. The van der Waals surface area contributed by atoms with E-state index in [-0.39, 0.29) is 11.3 Å². The van der Waals surface area contributed by atoms with Crippen molar-refractivity contribution in [3.8, 4) is 0 Å². The van der Waals surface area contributed by atoms with E-state index in [0.717, 1.165) is 12.1 Å². The maximum absolute atomic E-state index is 12.6. The molecule has 0 unspecified atom stereocenters. The highest BCUT2D eigenvalue weighted by molar-refractivity contribution is 5.45. The number of anilines is 1. The normalized spacial score (nSPS) is 12.7. The largest absolute Gasteiger partial charge is 0.416 e. The van der Waals surface area contributed by atoms with Crippen LogP contribution in [-0.2, 0) is 17.5 Å². The molecule has 0 spiro atoms. The summed E-state index contributed by atoms with van der Waals surface area (Å²) < 4.78 is 78.0. The summed E-state index contributed by atoms with van der Waals surface area (Å²) in [7, 11) is 0. The Morgan fingerprint density at radius 2 is 1.68 bits per heavy atom. The van der Waals surface area contributed by atoms with E-state index in [9.17, 15) is 26.3 Å². The highest BCUT2D eigenvalue weighted by Gasteiger charge is 2.33. The van der Waals surface area contributed by atoms with Crippen LogP contribution in [0.15, 0.2) is 18.2 Å². The molecule has 0 aliphatic rings. The second-order valence-corrected chi connectivity index (χ2v) is 3.83. The molecule has 0 bridgehead atoms. The van der Waals surface area contributed by atoms with Gasteiger partial charge in [0.15, 0.2) is 0 Å². The highest BCUT2D eigenvalue weighted by Crippen LogP contribution is 2.33. The van der Waals surface area contributed by atoms with E-state index >= 15 is 0 Å². The Morgan fingerprint density at radius 1 is 1.05 bits per heavy atom. The number of hydrogen-bond donors (Lipinski definition) is 1. The number of rotatable bonds is 4. The van der Waals surface area contributed by atoms with E-state index in [2.05, 4.69) is 4.74 Å². The van der Waals surface area contributed by atoms with Crippen LogP contribution in [0.25, 0.3) is 0 Å². The molecule has 2 nitrogen and oxygen atoms in total. The van der Waals surface area contributed by atoms with Gasteiger partial charge in [-0.1, -0.05) is 6.07 Å². The van der Waals surface area contributed by atoms with Crippen LogP contribution in [0.2, 0.25) is 0 Å². The van der Waals surface area contributed by atoms with Gasteiger partial charge in [0.2, 0.25) is 0 Å². The summed E-state index contributed by atoms with van der Waals surface area (Å²) >= 11 is 0. The number of nitrogen functional groups attached to an aromatic ring is 1. The Morgan fingerprint density at radius 3 is 2.21 bits per heavy atom. The average molecular weight is 287 g/mol. The van der Waals surface area contributed by atoms with Gasteiger partial charge in [-0.25, -0.2) is 0 Å². The van der Waals surface area contributed by atoms with Gasteiger partial charge < -0.3 is 10.5 Å². The number of hydrogen-bond acceptors (Lipinski definition) is 2.